The zero-order chi connectivity index (χ0) is 13.1. The van der Waals surface area contributed by atoms with Gasteiger partial charge in [-0.05, 0) is 19.4 Å². The van der Waals surface area contributed by atoms with Crippen LogP contribution in [-0.2, 0) is 16.1 Å². The number of rotatable bonds is 2. The molecule has 0 radical (unpaired) electrons. The number of ether oxygens (including phenoxy) is 1. The van der Waals surface area contributed by atoms with E-state index in [2.05, 4.69) is 0 Å². The second-order valence-corrected chi connectivity index (χ2v) is 4.64. The Kier molecular flexibility index (Phi) is 3.65. The first kappa shape index (κ1) is 12.6. The van der Waals surface area contributed by atoms with E-state index in [0.29, 0.717) is 6.42 Å². The molecule has 0 spiro atoms. The lowest BCUT2D eigenvalue weighted by Crippen LogP contribution is -2.40. The molecule has 1 aliphatic rings. The fourth-order valence-electron chi connectivity index (χ4n) is 2.23. The van der Waals surface area contributed by atoms with Crippen LogP contribution >= 0.6 is 0 Å². The van der Waals surface area contributed by atoms with Crippen LogP contribution < -0.4 is 0 Å². The SMILES string of the molecule is CC1CC(=O)C(C)N1C(=O)OCc1ccccc1. The molecule has 1 aliphatic heterocycles. The Bertz CT molecular complexity index is 444. The highest BCUT2D eigenvalue weighted by atomic mass is 16.6. The smallest absolute Gasteiger partial charge is 0.410 e. The van der Waals surface area contributed by atoms with E-state index in [4.69, 9.17) is 4.74 Å². The van der Waals surface area contributed by atoms with E-state index in [1.54, 1.807) is 6.92 Å². The van der Waals surface area contributed by atoms with Gasteiger partial charge < -0.3 is 4.74 Å². The molecule has 1 aromatic rings. The third kappa shape index (κ3) is 2.53. The van der Waals surface area contributed by atoms with Crippen LogP contribution in [0.1, 0.15) is 25.8 Å². The van der Waals surface area contributed by atoms with Crippen LogP contribution in [-0.4, -0.2) is 28.9 Å². The Morgan fingerprint density at radius 1 is 1.33 bits per heavy atom. The molecular weight excluding hydrogens is 230 g/mol. The summed E-state index contributed by atoms with van der Waals surface area (Å²) in [5.41, 5.74) is 0.941. The molecule has 4 nitrogen and oxygen atoms in total. The van der Waals surface area contributed by atoms with E-state index in [1.165, 1.54) is 4.90 Å². The highest BCUT2D eigenvalue weighted by molar-refractivity contribution is 5.90. The van der Waals surface area contributed by atoms with Gasteiger partial charge in [-0.3, -0.25) is 9.69 Å². The maximum atomic E-state index is 11.9. The van der Waals surface area contributed by atoms with Crippen LogP contribution in [0.5, 0.6) is 0 Å². The minimum atomic E-state index is -0.412. The van der Waals surface area contributed by atoms with Gasteiger partial charge in [-0.25, -0.2) is 4.79 Å². The predicted molar refractivity (Wildman–Crippen MR) is 67.0 cm³/mol. The molecule has 4 heteroatoms. The molecule has 0 bridgehead atoms. The first-order valence-corrected chi connectivity index (χ1v) is 6.11. The summed E-state index contributed by atoms with van der Waals surface area (Å²) in [4.78, 5) is 25.0. The van der Waals surface area contributed by atoms with Gasteiger partial charge >= 0.3 is 6.09 Å². The van der Waals surface area contributed by atoms with Crippen molar-refractivity contribution < 1.29 is 14.3 Å². The van der Waals surface area contributed by atoms with Crippen molar-refractivity contribution in [3.05, 3.63) is 35.9 Å². The average Bonchev–Trinajstić information content (AvgIpc) is 2.62. The van der Waals surface area contributed by atoms with Gasteiger partial charge in [-0.1, -0.05) is 30.3 Å². The third-order valence-corrected chi connectivity index (χ3v) is 3.27. The van der Waals surface area contributed by atoms with Crippen molar-refractivity contribution in [2.24, 2.45) is 0 Å². The van der Waals surface area contributed by atoms with Crippen LogP contribution in [0.15, 0.2) is 30.3 Å². The molecule has 1 fully saturated rings. The van der Waals surface area contributed by atoms with Crippen LogP contribution in [0.25, 0.3) is 0 Å². The number of likely N-dealkylation sites (tertiary alicyclic amines) is 1. The maximum Gasteiger partial charge on any atom is 0.410 e. The van der Waals surface area contributed by atoms with Crippen molar-refractivity contribution >= 4 is 11.9 Å². The zero-order valence-electron chi connectivity index (χ0n) is 10.6. The van der Waals surface area contributed by atoms with Crippen LogP contribution in [0.2, 0.25) is 0 Å². The molecule has 2 unspecified atom stereocenters. The molecule has 0 saturated carbocycles. The van der Waals surface area contributed by atoms with Gasteiger partial charge in [-0.2, -0.15) is 0 Å². The normalized spacial score (nSPS) is 23.2. The molecule has 1 aromatic carbocycles. The molecule has 1 heterocycles. The Hall–Kier alpha value is -1.84. The predicted octanol–water partition coefficient (Wildman–Crippen LogP) is 2.38. The monoisotopic (exact) mass is 247 g/mol. The molecular formula is C14H17NO3. The van der Waals surface area contributed by atoms with Gasteiger partial charge in [0.1, 0.15) is 6.61 Å². The van der Waals surface area contributed by atoms with E-state index < -0.39 is 6.09 Å². The molecule has 1 saturated heterocycles. The second kappa shape index (κ2) is 5.21. The Labute approximate surface area is 107 Å². The molecule has 0 aliphatic carbocycles. The quantitative estimate of drug-likeness (QED) is 0.806. The van der Waals surface area contributed by atoms with Gasteiger partial charge in [0.15, 0.2) is 5.78 Å². The molecule has 0 aromatic heterocycles. The summed E-state index contributed by atoms with van der Waals surface area (Å²) in [6.07, 6.45) is 0.00595. The zero-order valence-corrected chi connectivity index (χ0v) is 10.6. The van der Waals surface area contributed by atoms with E-state index in [1.807, 2.05) is 37.3 Å². The minimum absolute atomic E-state index is 0.0734. The molecule has 0 N–H and O–H groups in total. The van der Waals surface area contributed by atoms with Crippen molar-refractivity contribution in [1.29, 1.82) is 0 Å². The lowest BCUT2D eigenvalue weighted by Gasteiger charge is -2.24. The van der Waals surface area contributed by atoms with Crippen molar-refractivity contribution in [1.82, 2.24) is 4.90 Å². The number of Topliss-reactive ketones (excluding diaryl/α,β-unsaturated/α-hetero) is 1. The topological polar surface area (TPSA) is 46.6 Å². The van der Waals surface area contributed by atoms with Crippen molar-refractivity contribution in [2.75, 3.05) is 0 Å². The van der Waals surface area contributed by atoms with Crippen molar-refractivity contribution in [3.63, 3.8) is 0 Å². The van der Waals surface area contributed by atoms with Gasteiger partial charge in [-0.15, -0.1) is 0 Å². The first-order valence-electron chi connectivity index (χ1n) is 6.11. The first-order chi connectivity index (χ1) is 8.59. The van der Waals surface area contributed by atoms with Crippen molar-refractivity contribution in [3.8, 4) is 0 Å². The van der Waals surface area contributed by atoms with Crippen molar-refractivity contribution in [2.45, 2.75) is 39.0 Å². The lowest BCUT2D eigenvalue weighted by molar-refractivity contribution is -0.119. The lowest BCUT2D eigenvalue weighted by atomic mass is 10.2. The van der Waals surface area contributed by atoms with E-state index >= 15 is 0 Å². The summed E-state index contributed by atoms with van der Waals surface area (Å²) >= 11 is 0. The summed E-state index contributed by atoms with van der Waals surface area (Å²) in [6, 6.07) is 9.06. The molecule has 18 heavy (non-hydrogen) atoms. The Balaban J connectivity index is 1.94. The molecule has 1 amide bonds. The maximum absolute atomic E-state index is 11.9. The number of benzene rings is 1. The standard InChI is InChI=1S/C14H17NO3/c1-10-8-13(16)11(2)15(10)14(17)18-9-12-6-4-3-5-7-12/h3-7,10-11H,8-9H2,1-2H3. The fraction of sp³-hybridized carbons (Fsp3) is 0.429. The summed E-state index contributed by atoms with van der Waals surface area (Å²) in [7, 11) is 0. The Morgan fingerprint density at radius 2 is 2.00 bits per heavy atom. The summed E-state index contributed by atoms with van der Waals surface area (Å²) < 4.78 is 5.24. The van der Waals surface area contributed by atoms with E-state index in [9.17, 15) is 9.59 Å². The minimum Gasteiger partial charge on any atom is -0.445 e. The van der Waals surface area contributed by atoms with Gasteiger partial charge in [0.05, 0.1) is 6.04 Å². The van der Waals surface area contributed by atoms with E-state index in [0.717, 1.165) is 5.56 Å². The fourth-order valence-corrected chi connectivity index (χ4v) is 2.23. The summed E-state index contributed by atoms with van der Waals surface area (Å²) in [6.45, 7) is 3.85. The van der Waals surface area contributed by atoms with Gasteiger partial charge in [0.25, 0.3) is 0 Å². The van der Waals surface area contributed by atoms with Crippen LogP contribution in [0.4, 0.5) is 4.79 Å². The summed E-state index contributed by atoms with van der Waals surface area (Å²) in [5.74, 6) is 0.0964. The van der Waals surface area contributed by atoms with Gasteiger partial charge in [0.2, 0.25) is 0 Å². The molecule has 2 rings (SSSR count). The largest absolute Gasteiger partial charge is 0.445 e. The number of hydrogen-bond donors (Lipinski definition) is 0. The van der Waals surface area contributed by atoms with E-state index in [-0.39, 0.29) is 24.5 Å². The van der Waals surface area contributed by atoms with Crippen LogP contribution in [0, 0.1) is 0 Å². The number of ketones is 1. The average molecular weight is 247 g/mol. The van der Waals surface area contributed by atoms with Crippen LogP contribution in [0.3, 0.4) is 0 Å². The third-order valence-electron chi connectivity index (χ3n) is 3.27. The van der Waals surface area contributed by atoms with Gasteiger partial charge in [0, 0.05) is 12.5 Å². The highest BCUT2D eigenvalue weighted by Gasteiger charge is 2.38. The number of carbonyl (C=O) groups excluding carboxylic acids is 2. The number of hydrogen-bond acceptors (Lipinski definition) is 3. The number of nitrogens with zero attached hydrogens (tertiary/aromatic N) is 1. The molecule has 2 atom stereocenters. The summed E-state index contributed by atoms with van der Waals surface area (Å²) in [5, 5.41) is 0. The Morgan fingerprint density at radius 3 is 2.56 bits per heavy atom. The molecule has 96 valence electrons. The highest BCUT2D eigenvalue weighted by Crippen LogP contribution is 2.21. The number of carbonyl (C=O) groups is 2. The second-order valence-electron chi connectivity index (χ2n) is 4.64. The number of amides is 1.